The molecule has 1 unspecified atom stereocenters. The van der Waals surface area contributed by atoms with Crippen LogP contribution in [0.5, 0.6) is 5.75 Å². The van der Waals surface area contributed by atoms with Crippen LogP contribution >= 0.6 is 0 Å². The van der Waals surface area contributed by atoms with Crippen LogP contribution in [0.15, 0.2) is 54.6 Å². The van der Waals surface area contributed by atoms with Gasteiger partial charge in [-0.25, -0.2) is 0 Å². The van der Waals surface area contributed by atoms with Crippen LogP contribution in [0.25, 0.3) is 0 Å². The molecule has 4 heteroatoms. The molecule has 2 N–H and O–H groups in total. The minimum absolute atomic E-state index is 0.0385. The summed E-state index contributed by atoms with van der Waals surface area (Å²) in [6.07, 6.45) is 2.17. The molecule has 0 aromatic heterocycles. The molecule has 2 rings (SSSR count). The van der Waals surface area contributed by atoms with Gasteiger partial charge in [-0.15, -0.1) is 0 Å². The lowest BCUT2D eigenvalue weighted by Gasteiger charge is -2.23. The van der Waals surface area contributed by atoms with E-state index in [9.17, 15) is 4.79 Å². The fourth-order valence-corrected chi connectivity index (χ4v) is 3.02. The van der Waals surface area contributed by atoms with Crippen molar-refractivity contribution in [1.29, 1.82) is 0 Å². The maximum atomic E-state index is 12.9. The lowest BCUT2D eigenvalue weighted by Crippen LogP contribution is -2.37. The van der Waals surface area contributed by atoms with Crippen molar-refractivity contribution < 1.29 is 9.53 Å². The van der Waals surface area contributed by atoms with E-state index in [4.69, 9.17) is 4.74 Å². The third-order valence-corrected chi connectivity index (χ3v) is 5.30. The molecule has 0 saturated carbocycles. The smallest absolute Gasteiger partial charge is 0.227 e. The van der Waals surface area contributed by atoms with Crippen molar-refractivity contribution in [2.45, 2.75) is 52.5 Å². The van der Waals surface area contributed by atoms with E-state index in [-0.39, 0.29) is 17.9 Å². The molecular formula is C25H36N2O2. The second-order valence-electron chi connectivity index (χ2n) is 7.79. The van der Waals surface area contributed by atoms with Gasteiger partial charge in [0, 0.05) is 6.54 Å². The molecule has 158 valence electrons. The van der Waals surface area contributed by atoms with E-state index in [0.29, 0.717) is 12.5 Å². The standard InChI is InChI=1S/C25H36N2O2/c1-5-16-26-17-24(27-25(28)20(4)21-10-8-7-9-11-21)22-12-14-23(15-13-22)29-18-19(3)6-2/h7-15,19-20,24,26H,5-6,16-18H2,1-4H3,(H,27,28)/t19-,20?,24-/m0/s1. The summed E-state index contributed by atoms with van der Waals surface area (Å²) in [7, 11) is 0. The topological polar surface area (TPSA) is 50.4 Å². The van der Waals surface area contributed by atoms with Gasteiger partial charge in [0.25, 0.3) is 0 Å². The Kier molecular flexibility index (Phi) is 9.72. The molecule has 0 saturated heterocycles. The van der Waals surface area contributed by atoms with Crippen molar-refractivity contribution in [3.05, 3.63) is 65.7 Å². The van der Waals surface area contributed by atoms with E-state index in [2.05, 4.69) is 43.5 Å². The van der Waals surface area contributed by atoms with E-state index in [1.165, 1.54) is 0 Å². The first-order valence-corrected chi connectivity index (χ1v) is 10.8. The summed E-state index contributed by atoms with van der Waals surface area (Å²) in [5, 5.41) is 6.66. The zero-order valence-electron chi connectivity index (χ0n) is 18.3. The molecule has 2 aromatic carbocycles. The molecule has 2 aromatic rings. The second kappa shape index (κ2) is 12.3. The van der Waals surface area contributed by atoms with E-state index < -0.39 is 0 Å². The minimum Gasteiger partial charge on any atom is -0.493 e. The number of hydrogen-bond acceptors (Lipinski definition) is 3. The highest BCUT2D eigenvalue weighted by Gasteiger charge is 2.20. The summed E-state index contributed by atoms with van der Waals surface area (Å²) in [6.45, 7) is 10.8. The van der Waals surface area contributed by atoms with Crippen molar-refractivity contribution >= 4 is 5.91 Å². The Morgan fingerprint density at radius 2 is 1.66 bits per heavy atom. The summed E-state index contributed by atoms with van der Waals surface area (Å²) in [4.78, 5) is 12.9. The average Bonchev–Trinajstić information content (AvgIpc) is 2.77. The average molecular weight is 397 g/mol. The van der Waals surface area contributed by atoms with Gasteiger partial charge in [0.2, 0.25) is 5.91 Å². The van der Waals surface area contributed by atoms with Crippen LogP contribution in [0.4, 0.5) is 0 Å². The molecule has 0 aliphatic heterocycles. The van der Waals surface area contributed by atoms with Crippen molar-refractivity contribution in [2.24, 2.45) is 5.92 Å². The lowest BCUT2D eigenvalue weighted by molar-refractivity contribution is -0.123. The first kappa shape index (κ1) is 23.0. The Bertz CT molecular complexity index is 715. The first-order chi connectivity index (χ1) is 14.0. The fourth-order valence-electron chi connectivity index (χ4n) is 3.02. The van der Waals surface area contributed by atoms with Crippen LogP contribution in [0.2, 0.25) is 0 Å². The van der Waals surface area contributed by atoms with Gasteiger partial charge in [0.1, 0.15) is 5.75 Å². The Hall–Kier alpha value is -2.33. The van der Waals surface area contributed by atoms with Gasteiger partial charge in [-0.3, -0.25) is 4.79 Å². The highest BCUT2D eigenvalue weighted by atomic mass is 16.5. The van der Waals surface area contributed by atoms with Gasteiger partial charge < -0.3 is 15.4 Å². The Balaban J connectivity index is 2.05. The van der Waals surface area contributed by atoms with E-state index >= 15 is 0 Å². The maximum Gasteiger partial charge on any atom is 0.227 e. The van der Waals surface area contributed by atoms with E-state index in [0.717, 1.165) is 42.9 Å². The van der Waals surface area contributed by atoms with Crippen molar-refractivity contribution in [1.82, 2.24) is 10.6 Å². The highest BCUT2D eigenvalue weighted by Crippen LogP contribution is 2.21. The molecule has 4 nitrogen and oxygen atoms in total. The number of benzene rings is 2. The Morgan fingerprint density at radius 1 is 0.966 bits per heavy atom. The van der Waals surface area contributed by atoms with Crippen LogP contribution in [-0.2, 0) is 4.79 Å². The number of carbonyl (C=O) groups excluding carboxylic acids is 1. The highest BCUT2D eigenvalue weighted by molar-refractivity contribution is 5.83. The third-order valence-electron chi connectivity index (χ3n) is 5.30. The summed E-state index contributed by atoms with van der Waals surface area (Å²) in [6, 6.07) is 17.9. The normalized spacial score (nSPS) is 14.1. The minimum atomic E-state index is -0.192. The first-order valence-electron chi connectivity index (χ1n) is 10.8. The zero-order valence-corrected chi connectivity index (χ0v) is 18.3. The Morgan fingerprint density at radius 3 is 2.28 bits per heavy atom. The quantitative estimate of drug-likeness (QED) is 0.492. The number of amides is 1. The number of carbonyl (C=O) groups is 1. The SMILES string of the molecule is CCCNC[C@H](NC(=O)C(C)c1ccccc1)c1ccc(OC[C@@H](C)CC)cc1. The molecule has 29 heavy (non-hydrogen) atoms. The summed E-state index contributed by atoms with van der Waals surface area (Å²) < 4.78 is 5.87. The second-order valence-corrected chi connectivity index (χ2v) is 7.79. The summed E-state index contributed by atoms with van der Waals surface area (Å²) >= 11 is 0. The molecule has 0 aliphatic rings. The van der Waals surface area contributed by atoms with Gasteiger partial charge in [0.05, 0.1) is 18.6 Å². The molecule has 0 bridgehead atoms. The number of hydrogen-bond donors (Lipinski definition) is 2. The van der Waals surface area contributed by atoms with Gasteiger partial charge in [-0.05, 0) is 49.1 Å². The van der Waals surface area contributed by atoms with Gasteiger partial charge in [-0.1, -0.05) is 69.7 Å². The van der Waals surface area contributed by atoms with Crippen LogP contribution < -0.4 is 15.4 Å². The summed E-state index contributed by atoms with van der Waals surface area (Å²) in [5.74, 6) is 1.26. The molecule has 0 aliphatic carbocycles. The molecular weight excluding hydrogens is 360 g/mol. The number of ether oxygens (including phenoxy) is 1. The molecule has 0 radical (unpaired) electrons. The van der Waals surface area contributed by atoms with E-state index in [1.54, 1.807) is 0 Å². The maximum absolute atomic E-state index is 12.9. The largest absolute Gasteiger partial charge is 0.493 e. The van der Waals surface area contributed by atoms with Crippen LogP contribution in [0.1, 0.15) is 63.6 Å². The molecule has 0 spiro atoms. The fraction of sp³-hybridized carbons (Fsp3) is 0.480. The zero-order chi connectivity index (χ0) is 21.1. The van der Waals surface area contributed by atoms with Crippen LogP contribution in [-0.4, -0.2) is 25.6 Å². The molecule has 0 heterocycles. The monoisotopic (exact) mass is 396 g/mol. The van der Waals surface area contributed by atoms with Crippen LogP contribution in [0.3, 0.4) is 0 Å². The number of nitrogens with one attached hydrogen (secondary N) is 2. The molecule has 3 atom stereocenters. The summed E-state index contributed by atoms with van der Waals surface area (Å²) in [5.41, 5.74) is 2.11. The van der Waals surface area contributed by atoms with Crippen molar-refractivity contribution in [2.75, 3.05) is 19.7 Å². The van der Waals surface area contributed by atoms with Gasteiger partial charge in [-0.2, -0.15) is 0 Å². The van der Waals surface area contributed by atoms with Gasteiger partial charge in [0.15, 0.2) is 0 Å². The van der Waals surface area contributed by atoms with Gasteiger partial charge >= 0.3 is 0 Å². The molecule has 1 amide bonds. The van der Waals surface area contributed by atoms with E-state index in [1.807, 2.05) is 49.4 Å². The lowest BCUT2D eigenvalue weighted by atomic mass is 9.99. The van der Waals surface area contributed by atoms with Crippen molar-refractivity contribution in [3.63, 3.8) is 0 Å². The van der Waals surface area contributed by atoms with Crippen LogP contribution in [0, 0.1) is 5.92 Å². The third kappa shape index (κ3) is 7.54. The van der Waals surface area contributed by atoms with Crippen molar-refractivity contribution in [3.8, 4) is 5.75 Å². The predicted molar refractivity (Wildman–Crippen MR) is 120 cm³/mol. The molecule has 0 fully saturated rings. The predicted octanol–water partition coefficient (Wildman–Crippen LogP) is 5.07. The Labute approximate surface area is 176 Å². The number of rotatable bonds is 12.